The van der Waals surface area contributed by atoms with E-state index in [1.807, 2.05) is 50.2 Å². The molecule has 7 heteroatoms. The lowest BCUT2D eigenvalue weighted by atomic mass is 9.94. The van der Waals surface area contributed by atoms with Crippen molar-refractivity contribution in [3.05, 3.63) is 110 Å². The summed E-state index contributed by atoms with van der Waals surface area (Å²) in [5.41, 5.74) is 3.87. The summed E-state index contributed by atoms with van der Waals surface area (Å²) in [6.45, 7) is 31.1. The van der Waals surface area contributed by atoms with E-state index in [1.165, 1.54) is 30.9 Å². The summed E-state index contributed by atoms with van der Waals surface area (Å²) in [7, 11) is 1.38. The molecule has 7 nitrogen and oxygen atoms in total. The first kappa shape index (κ1) is 46.0. The number of benzene rings is 2. The molecule has 2 aromatic rings. The zero-order valence-corrected chi connectivity index (χ0v) is 33.0. The molecule has 0 saturated heterocycles. The van der Waals surface area contributed by atoms with Crippen molar-refractivity contribution in [2.45, 2.75) is 125 Å². The van der Waals surface area contributed by atoms with Crippen LogP contribution >= 0.6 is 0 Å². The van der Waals surface area contributed by atoms with Crippen LogP contribution in [0, 0.1) is 17.3 Å². The molecule has 3 unspecified atom stereocenters. The van der Waals surface area contributed by atoms with Gasteiger partial charge < -0.3 is 26.0 Å². The molecule has 0 aliphatic heterocycles. The Morgan fingerprint density at radius 3 is 1.78 bits per heavy atom. The van der Waals surface area contributed by atoms with Gasteiger partial charge in [0.15, 0.2) is 0 Å². The van der Waals surface area contributed by atoms with Crippen molar-refractivity contribution in [3.8, 4) is 0 Å². The van der Waals surface area contributed by atoms with Crippen molar-refractivity contribution < 1.29 is 14.3 Å². The number of carbonyl (C=O) groups excluding carboxylic acids is 2. The Morgan fingerprint density at radius 1 is 0.820 bits per heavy atom. The van der Waals surface area contributed by atoms with E-state index in [4.69, 9.17) is 0 Å². The molecule has 0 saturated carbocycles. The summed E-state index contributed by atoms with van der Waals surface area (Å²) in [5, 5.41) is 13.0. The van der Waals surface area contributed by atoms with Gasteiger partial charge in [-0.1, -0.05) is 149 Å². The first-order valence-electron chi connectivity index (χ1n) is 18.2. The van der Waals surface area contributed by atoms with E-state index < -0.39 is 0 Å². The number of methoxy groups -OCH3 is 1. The van der Waals surface area contributed by atoms with Crippen LogP contribution in [-0.4, -0.2) is 43.2 Å². The third kappa shape index (κ3) is 21.2. The third-order valence-corrected chi connectivity index (χ3v) is 8.82. The Balaban J connectivity index is 0.00000116. The molecule has 0 heterocycles. The normalized spacial score (nSPS) is 13.7. The van der Waals surface area contributed by atoms with Crippen LogP contribution < -0.4 is 21.3 Å². The maximum absolute atomic E-state index is 12.9. The summed E-state index contributed by atoms with van der Waals surface area (Å²) in [4.78, 5) is 23.9. The van der Waals surface area contributed by atoms with Crippen molar-refractivity contribution in [1.82, 2.24) is 21.3 Å². The predicted molar refractivity (Wildman–Crippen MR) is 213 cm³/mol. The maximum Gasteiger partial charge on any atom is 0.328 e. The topological polar surface area (TPSA) is 91.5 Å². The van der Waals surface area contributed by atoms with Crippen molar-refractivity contribution in [3.63, 3.8) is 0 Å². The van der Waals surface area contributed by atoms with Crippen molar-refractivity contribution in [2.75, 3.05) is 7.11 Å². The van der Waals surface area contributed by atoms with Gasteiger partial charge in [0.1, 0.15) is 6.04 Å². The van der Waals surface area contributed by atoms with Crippen molar-refractivity contribution in [2.24, 2.45) is 17.3 Å². The van der Waals surface area contributed by atoms with Crippen molar-refractivity contribution >= 4 is 11.9 Å². The molecular formula is C43H70N4O3. The summed E-state index contributed by atoms with van der Waals surface area (Å²) in [6, 6.07) is 20.4. The summed E-state index contributed by atoms with van der Waals surface area (Å²) >= 11 is 0. The number of ether oxygens (including phenoxy) is 1. The Morgan fingerprint density at radius 2 is 1.34 bits per heavy atom. The summed E-state index contributed by atoms with van der Waals surface area (Å²) in [5.74, 6) is 0.558. The SMILES string of the molecule is C=CNC(C(=O)OC)C(C)C.C=CNC(Cc1ccccc1)[C@H](CC(=C)NC(C)[C@@H](C)CC)NC(=O)CCc1ccccc1.CCC(C)(C)C. The Bertz CT molecular complexity index is 1220. The van der Waals surface area contributed by atoms with E-state index in [0.29, 0.717) is 30.2 Å². The zero-order chi connectivity index (χ0) is 38.1. The third-order valence-electron chi connectivity index (χ3n) is 8.82. The fourth-order valence-corrected chi connectivity index (χ4v) is 4.74. The predicted octanol–water partition coefficient (Wildman–Crippen LogP) is 8.74. The Hall–Kier alpha value is -4.00. The second-order valence-corrected chi connectivity index (χ2v) is 14.5. The second-order valence-electron chi connectivity index (χ2n) is 14.5. The average Bonchev–Trinajstić information content (AvgIpc) is 3.09. The molecule has 0 bridgehead atoms. The molecule has 0 fully saturated rings. The minimum Gasteiger partial charge on any atom is -0.467 e. The molecule has 0 spiro atoms. The highest BCUT2D eigenvalue weighted by Gasteiger charge is 2.25. The van der Waals surface area contributed by atoms with Crippen LogP contribution in [0.15, 0.2) is 98.5 Å². The fraction of sp³-hybridized carbons (Fsp3) is 0.535. The van der Waals surface area contributed by atoms with E-state index in [-0.39, 0.29) is 35.9 Å². The maximum atomic E-state index is 12.9. The largest absolute Gasteiger partial charge is 0.467 e. The Labute approximate surface area is 305 Å². The van der Waals surface area contributed by atoms with Crippen LogP contribution in [0.1, 0.15) is 99.1 Å². The van der Waals surface area contributed by atoms with Gasteiger partial charge in [0.25, 0.3) is 0 Å². The minimum absolute atomic E-state index is 0.00281. The number of aryl methyl sites for hydroxylation is 1. The second kappa shape index (κ2) is 25.9. The lowest BCUT2D eigenvalue weighted by Gasteiger charge is -2.31. The summed E-state index contributed by atoms with van der Waals surface area (Å²) < 4.78 is 4.58. The lowest BCUT2D eigenvalue weighted by molar-refractivity contribution is -0.144. The number of carbonyl (C=O) groups is 2. The zero-order valence-electron chi connectivity index (χ0n) is 33.0. The number of nitrogens with one attached hydrogen (secondary N) is 4. The molecule has 0 aromatic heterocycles. The molecule has 280 valence electrons. The molecule has 2 aromatic carbocycles. The number of amides is 1. The lowest BCUT2D eigenvalue weighted by Crippen LogP contribution is -2.50. The first-order valence-corrected chi connectivity index (χ1v) is 18.2. The average molecular weight is 691 g/mol. The van der Waals surface area contributed by atoms with Crippen LogP contribution in [-0.2, 0) is 27.2 Å². The van der Waals surface area contributed by atoms with Gasteiger partial charge in [0.05, 0.1) is 19.2 Å². The van der Waals surface area contributed by atoms with Crippen LogP contribution in [0.2, 0.25) is 0 Å². The number of hydrogen-bond donors (Lipinski definition) is 4. The molecule has 0 aliphatic rings. The van der Waals surface area contributed by atoms with Gasteiger partial charge in [-0.2, -0.15) is 0 Å². The molecular weight excluding hydrogens is 620 g/mol. The van der Waals surface area contributed by atoms with E-state index >= 15 is 0 Å². The van der Waals surface area contributed by atoms with E-state index in [1.54, 1.807) is 6.20 Å². The highest BCUT2D eigenvalue weighted by atomic mass is 16.5. The smallest absolute Gasteiger partial charge is 0.328 e. The van der Waals surface area contributed by atoms with Gasteiger partial charge in [0, 0.05) is 24.6 Å². The van der Waals surface area contributed by atoms with Gasteiger partial charge in [-0.05, 0) is 60.5 Å². The Kier molecular flexibility index (Phi) is 23.8. The van der Waals surface area contributed by atoms with Crippen LogP contribution in [0.3, 0.4) is 0 Å². The van der Waals surface area contributed by atoms with Gasteiger partial charge in [-0.15, -0.1) is 0 Å². The monoisotopic (exact) mass is 691 g/mol. The van der Waals surface area contributed by atoms with Crippen molar-refractivity contribution in [1.29, 1.82) is 0 Å². The van der Waals surface area contributed by atoms with E-state index in [2.05, 4.69) is 118 Å². The summed E-state index contributed by atoms with van der Waals surface area (Å²) in [6.07, 6.45) is 8.21. The number of rotatable bonds is 19. The molecule has 5 atom stereocenters. The molecule has 1 amide bonds. The van der Waals surface area contributed by atoms with E-state index in [0.717, 1.165) is 25.0 Å². The minimum atomic E-state index is -0.280. The molecule has 2 rings (SSSR count). The molecule has 50 heavy (non-hydrogen) atoms. The first-order chi connectivity index (χ1) is 23.6. The van der Waals surface area contributed by atoms with Gasteiger partial charge in [0.2, 0.25) is 5.91 Å². The van der Waals surface area contributed by atoms with Crippen LogP contribution in [0.4, 0.5) is 0 Å². The molecule has 4 N–H and O–H groups in total. The number of hydrogen-bond acceptors (Lipinski definition) is 6. The van der Waals surface area contributed by atoms with E-state index in [9.17, 15) is 9.59 Å². The van der Waals surface area contributed by atoms with Gasteiger partial charge in [-0.25, -0.2) is 4.79 Å². The van der Waals surface area contributed by atoms with Gasteiger partial charge in [-0.3, -0.25) is 4.79 Å². The highest BCUT2D eigenvalue weighted by Crippen LogP contribution is 2.17. The van der Waals surface area contributed by atoms with Gasteiger partial charge >= 0.3 is 5.97 Å². The fourth-order valence-electron chi connectivity index (χ4n) is 4.74. The highest BCUT2D eigenvalue weighted by molar-refractivity contribution is 5.76. The van der Waals surface area contributed by atoms with Crippen LogP contribution in [0.25, 0.3) is 0 Å². The van der Waals surface area contributed by atoms with Crippen LogP contribution in [0.5, 0.6) is 0 Å². The molecule has 0 aliphatic carbocycles. The quantitative estimate of drug-likeness (QED) is 0.110. The molecule has 0 radical (unpaired) electrons. The number of esters is 1. The standard InChI is InChI=1S/C29H41N3O.C8H15NO2.C6H14/c1-6-22(3)24(5)31-23(4)20-28(27(30-7-2)21-26-16-12-9-13-17-26)32-29(33)19-18-25-14-10-8-11-15-25;1-5-9-7(6(2)3)8(10)11-4;1-5-6(2,3)4/h7-17,22,24,27-28,30-31H,2,4,6,18-21H2,1,3,5H3,(H,32,33);5-7,9H,1H2,2-4H3;5H2,1-4H3/t22-,24?,27?,28-;;/m0../s1.